The zero-order valence-electron chi connectivity index (χ0n) is 20.1. The molecule has 0 spiro atoms. The molecule has 2 N–H and O–H groups in total. The zero-order chi connectivity index (χ0) is 25.6. The minimum absolute atomic E-state index is 0.0360. The van der Waals surface area contributed by atoms with Crippen LogP contribution in [-0.2, 0) is 25.0 Å². The normalized spacial score (nSPS) is 24.2. The molecule has 1 aromatic carbocycles. The van der Waals surface area contributed by atoms with Gasteiger partial charge in [0.25, 0.3) is 0 Å². The summed E-state index contributed by atoms with van der Waals surface area (Å²) < 4.78 is 38.4. The third-order valence-corrected chi connectivity index (χ3v) is 9.00. The van der Waals surface area contributed by atoms with E-state index in [1.54, 1.807) is 30.6 Å². The van der Waals surface area contributed by atoms with Crippen LogP contribution in [0.5, 0.6) is 5.88 Å². The van der Waals surface area contributed by atoms with Gasteiger partial charge in [0, 0.05) is 29.2 Å². The lowest BCUT2D eigenvalue weighted by Crippen LogP contribution is -2.35. The molecule has 3 heterocycles. The number of fused-ring (bicyclic) bond motifs is 1. The molecule has 1 amide bonds. The van der Waals surface area contributed by atoms with Crippen LogP contribution in [0.15, 0.2) is 49.1 Å². The number of sulfonamides is 1. The Hall–Kier alpha value is -3.64. The van der Waals surface area contributed by atoms with Crippen molar-refractivity contribution in [3.8, 4) is 17.1 Å². The summed E-state index contributed by atoms with van der Waals surface area (Å²) in [6, 6.07) is 8.90. The third-order valence-electron chi connectivity index (χ3n) is 7.16. The second kappa shape index (κ2) is 9.03. The number of rotatable bonds is 9. The predicted molar refractivity (Wildman–Crippen MR) is 134 cm³/mol. The van der Waals surface area contributed by atoms with Gasteiger partial charge in [-0.2, -0.15) is 0 Å². The minimum atomic E-state index is -3.49. The van der Waals surface area contributed by atoms with Gasteiger partial charge in [0.05, 0.1) is 48.9 Å². The molecule has 1 unspecified atom stereocenters. The standard InChI is InChI=1S/C25H26N6O5S/c1-2-36-23-11-26-10-20(30-23)15-3-5-16(6-4-15)29-24(32)25(18-12-35-13-19(18)25)21-9-22(28-14-27-21)31-37(33,34)17-7-8-17/h3-6,9-11,14,17-19H,2,7-8,12-13H2,1H3,(H,29,32)(H,27,28,31)/t18-,19+,25?. The number of nitrogens with zero attached hydrogens (tertiary/aromatic N) is 4. The Kier molecular flexibility index (Phi) is 5.80. The van der Waals surface area contributed by atoms with Gasteiger partial charge in [-0.15, -0.1) is 0 Å². The maximum Gasteiger partial charge on any atom is 0.237 e. The zero-order valence-corrected chi connectivity index (χ0v) is 20.9. The molecule has 6 rings (SSSR count). The Balaban J connectivity index is 1.23. The van der Waals surface area contributed by atoms with E-state index in [4.69, 9.17) is 9.47 Å². The van der Waals surface area contributed by atoms with Crippen LogP contribution in [0.25, 0.3) is 11.3 Å². The highest BCUT2D eigenvalue weighted by atomic mass is 32.2. The third kappa shape index (κ3) is 4.29. The summed E-state index contributed by atoms with van der Waals surface area (Å²) in [5.74, 6) is 0.351. The maximum atomic E-state index is 13.7. The van der Waals surface area contributed by atoms with E-state index < -0.39 is 15.4 Å². The summed E-state index contributed by atoms with van der Waals surface area (Å²) >= 11 is 0. The molecule has 12 heteroatoms. The number of carbonyl (C=O) groups excluding carboxylic acids is 1. The number of benzene rings is 1. The Morgan fingerprint density at radius 2 is 1.89 bits per heavy atom. The molecule has 2 aromatic heterocycles. The maximum absolute atomic E-state index is 13.7. The molecule has 3 aliphatic rings. The lowest BCUT2D eigenvalue weighted by molar-refractivity contribution is -0.120. The van der Waals surface area contributed by atoms with Gasteiger partial charge in [0.2, 0.25) is 21.8 Å². The second-order valence-corrected chi connectivity index (χ2v) is 11.4. The van der Waals surface area contributed by atoms with Crippen molar-refractivity contribution < 1.29 is 22.7 Å². The molecule has 37 heavy (non-hydrogen) atoms. The molecular weight excluding hydrogens is 496 g/mol. The largest absolute Gasteiger partial charge is 0.477 e. The van der Waals surface area contributed by atoms with E-state index in [0.717, 1.165) is 5.56 Å². The number of aromatic nitrogens is 4. The van der Waals surface area contributed by atoms with Gasteiger partial charge in [0.15, 0.2) is 0 Å². The van der Waals surface area contributed by atoms with Crippen molar-refractivity contribution in [1.29, 1.82) is 0 Å². The van der Waals surface area contributed by atoms with Crippen molar-refractivity contribution in [1.82, 2.24) is 19.9 Å². The number of nitrogens with one attached hydrogen (secondary N) is 2. The van der Waals surface area contributed by atoms with E-state index in [0.29, 0.717) is 55.6 Å². The van der Waals surface area contributed by atoms with E-state index in [-0.39, 0.29) is 28.8 Å². The first-order valence-corrected chi connectivity index (χ1v) is 13.7. The van der Waals surface area contributed by atoms with Crippen LogP contribution in [0.2, 0.25) is 0 Å². The molecule has 0 radical (unpaired) electrons. The smallest absolute Gasteiger partial charge is 0.237 e. The molecule has 2 aliphatic carbocycles. The molecule has 2 saturated carbocycles. The van der Waals surface area contributed by atoms with E-state index in [9.17, 15) is 13.2 Å². The molecule has 11 nitrogen and oxygen atoms in total. The topological polar surface area (TPSA) is 145 Å². The minimum Gasteiger partial charge on any atom is -0.477 e. The first-order valence-electron chi connectivity index (χ1n) is 12.2. The van der Waals surface area contributed by atoms with Crippen LogP contribution >= 0.6 is 0 Å². The van der Waals surface area contributed by atoms with Gasteiger partial charge in [-0.3, -0.25) is 14.5 Å². The predicted octanol–water partition coefficient (Wildman–Crippen LogP) is 2.39. The van der Waals surface area contributed by atoms with Crippen LogP contribution in [-0.4, -0.2) is 59.3 Å². The van der Waals surface area contributed by atoms with Crippen molar-refractivity contribution in [3.05, 3.63) is 54.7 Å². The van der Waals surface area contributed by atoms with Crippen LogP contribution in [0.3, 0.4) is 0 Å². The summed E-state index contributed by atoms with van der Waals surface area (Å²) in [4.78, 5) is 30.8. The molecule has 192 valence electrons. The van der Waals surface area contributed by atoms with Crippen LogP contribution in [0.4, 0.5) is 11.5 Å². The second-order valence-electron chi connectivity index (χ2n) is 9.46. The number of anilines is 2. The molecule has 3 atom stereocenters. The highest BCUT2D eigenvalue weighted by molar-refractivity contribution is 7.93. The van der Waals surface area contributed by atoms with Gasteiger partial charge in [-0.05, 0) is 31.9 Å². The van der Waals surface area contributed by atoms with E-state index in [1.165, 1.54) is 6.33 Å². The van der Waals surface area contributed by atoms with Crippen LogP contribution in [0, 0.1) is 11.8 Å². The molecule has 1 aliphatic heterocycles. The number of carbonyl (C=O) groups is 1. The fourth-order valence-corrected chi connectivity index (χ4v) is 6.43. The SMILES string of the molecule is CCOc1cncc(-c2ccc(NC(=O)C3(c4cc(NS(=O)(=O)C5CC5)ncn4)[C@@H]4COC[C@@H]43)cc2)n1. The van der Waals surface area contributed by atoms with Crippen LogP contribution in [0.1, 0.15) is 25.5 Å². The van der Waals surface area contributed by atoms with Crippen molar-refractivity contribution in [3.63, 3.8) is 0 Å². The van der Waals surface area contributed by atoms with Gasteiger partial charge in [-0.1, -0.05) is 12.1 Å². The Morgan fingerprint density at radius 1 is 1.14 bits per heavy atom. The van der Waals surface area contributed by atoms with E-state index in [2.05, 4.69) is 30.0 Å². The van der Waals surface area contributed by atoms with Crippen molar-refractivity contribution in [2.45, 2.75) is 30.4 Å². The van der Waals surface area contributed by atoms with Gasteiger partial charge < -0.3 is 14.8 Å². The average Bonchev–Trinajstić information content (AvgIpc) is 3.80. The first-order chi connectivity index (χ1) is 17.9. The van der Waals surface area contributed by atoms with Gasteiger partial charge in [-0.25, -0.2) is 23.4 Å². The molecule has 3 aromatic rings. The quantitative estimate of drug-likeness (QED) is 0.432. The Labute approximate surface area is 214 Å². The molecule has 1 saturated heterocycles. The van der Waals surface area contributed by atoms with E-state index >= 15 is 0 Å². The summed E-state index contributed by atoms with van der Waals surface area (Å²) in [6.07, 6.45) is 5.80. The summed E-state index contributed by atoms with van der Waals surface area (Å²) in [5.41, 5.74) is 1.71. The molecule has 0 bridgehead atoms. The summed E-state index contributed by atoms with van der Waals surface area (Å²) in [6.45, 7) is 3.27. The molecular formula is C25H26N6O5S. The summed E-state index contributed by atoms with van der Waals surface area (Å²) in [5, 5.41) is 2.64. The number of hydrogen-bond acceptors (Lipinski definition) is 9. The fraction of sp³-hybridized carbons (Fsp3) is 0.400. The van der Waals surface area contributed by atoms with Crippen molar-refractivity contribution in [2.75, 3.05) is 29.9 Å². The van der Waals surface area contributed by atoms with Gasteiger partial charge in [0.1, 0.15) is 17.6 Å². The first kappa shape index (κ1) is 23.7. The monoisotopic (exact) mass is 522 g/mol. The van der Waals surface area contributed by atoms with E-state index in [1.807, 2.05) is 19.1 Å². The van der Waals surface area contributed by atoms with Crippen molar-refractivity contribution in [2.24, 2.45) is 11.8 Å². The summed E-state index contributed by atoms with van der Waals surface area (Å²) in [7, 11) is -3.49. The van der Waals surface area contributed by atoms with Crippen LogP contribution < -0.4 is 14.8 Å². The fourth-order valence-electron chi connectivity index (χ4n) is 5.10. The highest BCUT2D eigenvalue weighted by Crippen LogP contribution is 2.63. The molecule has 3 fully saturated rings. The number of amides is 1. The highest BCUT2D eigenvalue weighted by Gasteiger charge is 2.73. The number of hydrogen-bond donors (Lipinski definition) is 2. The Morgan fingerprint density at radius 3 is 2.59 bits per heavy atom. The lowest BCUT2D eigenvalue weighted by atomic mass is 9.94. The average molecular weight is 523 g/mol. The Bertz CT molecular complexity index is 1430. The van der Waals surface area contributed by atoms with Gasteiger partial charge >= 0.3 is 0 Å². The lowest BCUT2D eigenvalue weighted by Gasteiger charge is -2.21. The van der Waals surface area contributed by atoms with Crippen molar-refractivity contribution >= 4 is 27.4 Å². The number of ether oxygens (including phenoxy) is 2.